The van der Waals surface area contributed by atoms with Gasteiger partial charge in [-0.15, -0.1) is 0 Å². The van der Waals surface area contributed by atoms with E-state index < -0.39 is 16.0 Å². The molecule has 120 valence electrons. The van der Waals surface area contributed by atoms with Gasteiger partial charge in [-0.1, -0.05) is 39.8 Å². The Kier molecular flexibility index (Phi) is 4.47. The lowest BCUT2D eigenvalue weighted by atomic mass is 9.91. The van der Waals surface area contributed by atoms with E-state index in [2.05, 4.69) is 26.2 Å². The number of aliphatic hydroxyl groups is 1. The van der Waals surface area contributed by atoms with Gasteiger partial charge in [0.15, 0.2) is 5.17 Å². The molecular weight excluding hydrogens is 366 g/mol. The number of hydrogen-bond acceptors (Lipinski definition) is 5. The largest absolute Gasteiger partial charge is 0.388 e. The van der Waals surface area contributed by atoms with Crippen LogP contribution in [-0.2, 0) is 10.5 Å². The highest BCUT2D eigenvalue weighted by Crippen LogP contribution is 2.41. The molecule has 4 N–H and O–H groups in total. The summed E-state index contributed by atoms with van der Waals surface area (Å²) in [4.78, 5) is 16.7. The maximum absolute atomic E-state index is 12.2. The Balaban J connectivity index is 2.31. The average Bonchev–Trinajstić information content (AvgIpc) is 2.64. The van der Waals surface area contributed by atoms with Crippen LogP contribution in [0.5, 0.6) is 0 Å². The van der Waals surface area contributed by atoms with Gasteiger partial charge in [-0.2, -0.15) is 0 Å². The van der Waals surface area contributed by atoms with E-state index >= 15 is 0 Å². The summed E-state index contributed by atoms with van der Waals surface area (Å²) in [6, 6.07) is 7.54. The number of halogens is 1. The minimum atomic E-state index is -1.18. The number of thioether (sulfide) groups is 1. The van der Waals surface area contributed by atoms with Crippen molar-refractivity contribution in [1.29, 1.82) is 0 Å². The van der Waals surface area contributed by atoms with E-state index in [0.29, 0.717) is 5.17 Å². The van der Waals surface area contributed by atoms with Gasteiger partial charge in [0.25, 0.3) is 0 Å². The van der Waals surface area contributed by atoms with Gasteiger partial charge in [0, 0.05) is 4.47 Å². The van der Waals surface area contributed by atoms with Crippen LogP contribution in [0.2, 0.25) is 0 Å². The molecule has 2 rings (SSSR count). The topological polar surface area (TPSA) is 87.7 Å². The van der Waals surface area contributed by atoms with E-state index in [1.807, 2.05) is 24.3 Å². The highest BCUT2D eigenvalue weighted by Gasteiger charge is 2.53. The number of aliphatic imine (C=N–C) groups is 1. The molecule has 7 heteroatoms. The third-order valence-electron chi connectivity index (χ3n) is 3.88. The number of rotatable bonds is 3. The van der Waals surface area contributed by atoms with E-state index in [1.165, 1.54) is 11.8 Å². The molecule has 1 aliphatic heterocycles. The van der Waals surface area contributed by atoms with Crippen molar-refractivity contribution in [3.05, 3.63) is 34.3 Å². The number of nitrogens with zero attached hydrogens (tertiary/aromatic N) is 1. The molecular formula is C15H20BrN3O2S. The van der Waals surface area contributed by atoms with Gasteiger partial charge in [0.1, 0.15) is 10.4 Å². The summed E-state index contributed by atoms with van der Waals surface area (Å²) in [5.41, 5.74) is 4.96. The monoisotopic (exact) mass is 385 g/mol. The standard InChI is InChI=1S/C15H20BrN3O2S/c1-13(2,21)14(3)11(20)18-12(22-14)19-15(4,17)9-5-7-10(16)8-6-9/h5-8,21H,17H2,1-4H3,(H,18,19,20)/t14?,15-/m0/s1. The zero-order valence-corrected chi connectivity index (χ0v) is 15.4. The second-order valence-corrected chi connectivity index (χ2v) is 8.54. The Hall–Kier alpha value is -0.890. The molecule has 1 aromatic carbocycles. The number of amides is 1. The van der Waals surface area contributed by atoms with Crippen LogP contribution in [0.4, 0.5) is 0 Å². The predicted octanol–water partition coefficient (Wildman–Crippen LogP) is 2.33. The van der Waals surface area contributed by atoms with Crippen molar-refractivity contribution in [2.45, 2.75) is 43.7 Å². The Bertz CT molecular complexity index is 623. The Morgan fingerprint density at radius 3 is 2.32 bits per heavy atom. The molecule has 1 saturated heterocycles. The van der Waals surface area contributed by atoms with E-state index in [-0.39, 0.29) is 5.91 Å². The van der Waals surface area contributed by atoms with Crippen molar-refractivity contribution in [3.8, 4) is 0 Å². The van der Waals surface area contributed by atoms with Crippen LogP contribution in [-0.4, -0.2) is 26.5 Å². The SMILES string of the molecule is CC(C)(O)C1(C)S/C(=N/[C@](C)(N)c2ccc(Br)cc2)NC1=O. The molecule has 0 radical (unpaired) electrons. The second kappa shape index (κ2) is 5.63. The van der Waals surface area contributed by atoms with Crippen molar-refractivity contribution in [2.24, 2.45) is 10.7 Å². The summed E-state index contributed by atoms with van der Waals surface area (Å²) in [6.07, 6.45) is 0. The molecule has 1 amide bonds. The fourth-order valence-electron chi connectivity index (χ4n) is 2.00. The number of amidine groups is 1. The molecule has 22 heavy (non-hydrogen) atoms. The van der Waals surface area contributed by atoms with Crippen LogP contribution in [0, 0.1) is 0 Å². The Morgan fingerprint density at radius 1 is 1.32 bits per heavy atom. The minimum Gasteiger partial charge on any atom is -0.388 e. The van der Waals surface area contributed by atoms with E-state index in [9.17, 15) is 9.90 Å². The highest BCUT2D eigenvalue weighted by molar-refractivity contribution is 9.10. The third-order valence-corrected chi connectivity index (χ3v) is 5.89. The first-order valence-corrected chi connectivity index (χ1v) is 8.44. The number of carbonyl (C=O) groups is 1. The summed E-state index contributed by atoms with van der Waals surface area (Å²) >= 11 is 4.58. The van der Waals surface area contributed by atoms with Crippen LogP contribution in [0.1, 0.15) is 33.3 Å². The van der Waals surface area contributed by atoms with Crippen molar-refractivity contribution in [1.82, 2.24) is 5.32 Å². The summed E-state index contributed by atoms with van der Waals surface area (Å²) < 4.78 is -0.0420. The second-order valence-electron chi connectivity index (χ2n) is 6.22. The number of hydrogen-bond donors (Lipinski definition) is 3. The minimum absolute atomic E-state index is 0.268. The Morgan fingerprint density at radius 2 is 1.86 bits per heavy atom. The van der Waals surface area contributed by atoms with E-state index in [0.717, 1.165) is 10.0 Å². The predicted molar refractivity (Wildman–Crippen MR) is 93.6 cm³/mol. The maximum atomic E-state index is 12.2. The van der Waals surface area contributed by atoms with Crippen molar-refractivity contribution < 1.29 is 9.90 Å². The zero-order chi connectivity index (χ0) is 16.8. The van der Waals surface area contributed by atoms with E-state index in [1.54, 1.807) is 27.7 Å². The first-order chi connectivity index (χ1) is 9.96. The number of benzene rings is 1. The van der Waals surface area contributed by atoms with Crippen LogP contribution in [0.3, 0.4) is 0 Å². The summed E-state index contributed by atoms with van der Waals surface area (Å²) in [5, 5.41) is 13.4. The van der Waals surface area contributed by atoms with Crippen molar-refractivity contribution >= 4 is 38.8 Å². The smallest absolute Gasteiger partial charge is 0.245 e. The average molecular weight is 386 g/mol. The zero-order valence-electron chi connectivity index (χ0n) is 13.0. The molecule has 1 unspecified atom stereocenters. The fourth-order valence-corrected chi connectivity index (χ4v) is 3.42. The molecule has 0 aliphatic carbocycles. The molecule has 1 heterocycles. The highest BCUT2D eigenvalue weighted by atomic mass is 79.9. The molecule has 0 bridgehead atoms. The van der Waals surface area contributed by atoms with Gasteiger partial charge >= 0.3 is 0 Å². The van der Waals surface area contributed by atoms with Gasteiger partial charge in [0.05, 0.1) is 5.60 Å². The van der Waals surface area contributed by atoms with Gasteiger partial charge < -0.3 is 16.2 Å². The van der Waals surface area contributed by atoms with Crippen LogP contribution in [0.25, 0.3) is 0 Å². The molecule has 5 nitrogen and oxygen atoms in total. The molecule has 1 aromatic rings. The fraction of sp³-hybridized carbons (Fsp3) is 0.467. The Labute approximate surface area is 142 Å². The van der Waals surface area contributed by atoms with Crippen LogP contribution >= 0.6 is 27.7 Å². The van der Waals surface area contributed by atoms with Gasteiger partial charge in [-0.3, -0.25) is 4.79 Å². The maximum Gasteiger partial charge on any atom is 0.245 e. The number of nitrogens with two attached hydrogens (primary N) is 1. The van der Waals surface area contributed by atoms with Gasteiger partial charge in [0.2, 0.25) is 5.91 Å². The quantitative estimate of drug-likeness (QED) is 0.744. The van der Waals surface area contributed by atoms with Crippen molar-refractivity contribution in [3.63, 3.8) is 0 Å². The lowest BCUT2D eigenvalue weighted by Gasteiger charge is -2.32. The summed E-state index contributed by atoms with van der Waals surface area (Å²) in [7, 11) is 0. The molecule has 0 aromatic heterocycles. The van der Waals surface area contributed by atoms with Gasteiger partial charge in [-0.25, -0.2) is 4.99 Å². The van der Waals surface area contributed by atoms with Crippen molar-refractivity contribution in [2.75, 3.05) is 0 Å². The van der Waals surface area contributed by atoms with Crippen LogP contribution in [0.15, 0.2) is 33.7 Å². The first kappa shape index (κ1) is 17.5. The normalized spacial score (nSPS) is 26.9. The molecule has 0 saturated carbocycles. The first-order valence-electron chi connectivity index (χ1n) is 6.83. The summed E-state index contributed by atoms with van der Waals surface area (Å²) in [6.45, 7) is 6.69. The molecule has 2 atom stereocenters. The lowest BCUT2D eigenvalue weighted by Crippen LogP contribution is -2.50. The number of carbonyl (C=O) groups excluding carboxylic acids is 1. The molecule has 0 spiro atoms. The number of nitrogens with one attached hydrogen (secondary N) is 1. The van der Waals surface area contributed by atoms with Crippen LogP contribution < -0.4 is 11.1 Å². The van der Waals surface area contributed by atoms with E-state index in [4.69, 9.17) is 5.73 Å². The van der Waals surface area contributed by atoms with Gasteiger partial charge in [-0.05, 0) is 45.4 Å². The third kappa shape index (κ3) is 3.22. The lowest BCUT2D eigenvalue weighted by molar-refractivity contribution is -0.126. The molecule has 1 aliphatic rings. The molecule has 1 fully saturated rings. The summed E-state index contributed by atoms with van der Waals surface area (Å²) in [5.74, 6) is -0.268.